The van der Waals surface area contributed by atoms with Crippen molar-refractivity contribution < 1.29 is 21.6 Å². The molecule has 0 aromatic heterocycles. The minimum atomic E-state index is -3.52. The second-order valence-electron chi connectivity index (χ2n) is 8.01. The third kappa shape index (κ3) is 5.58. The van der Waals surface area contributed by atoms with Gasteiger partial charge in [-0.15, -0.1) is 0 Å². The van der Waals surface area contributed by atoms with E-state index < -0.39 is 42.0 Å². The van der Waals surface area contributed by atoms with Gasteiger partial charge < -0.3 is 0 Å². The van der Waals surface area contributed by atoms with Crippen molar-refractivity contribution in [3.63, 3.8) is 0 Å². The molecule has 0 aliphatic heterocycles. The molecule has 0 radical (unpaired) electrons. The van der Waals surface area contributed by atoms with Crippen LogP contribution in [-0.4, -0.2) is 33.1 Å². The van der Waals surface area contributed by atoms with Crippen LogP contribution in [-0.2, 0) is 24.5 Å². The second kappa shape index (κ2) is 9.88. The van der Waals surface area contributed by atoms with Crippen molar-refractivity contribution in [2.75, 3.05) is 0 Å². The minimum Gasteiger partial charge on any atom is -0.299 e. The lowest BCUT2D eigenvalue weighted by Crippen LogP contribution is -2.30. The lowest BCUT2D eigenvalue weighted by molar-refractivity contribution is -0.126. The quantitative estimate of drug-likeness (QED) is 0.538. The highest BCUT2D eigenvalue weighted by Gasteiger charge is 2.32. The number of hydrogen-bond acceptors (Lipinski definition) is 5. The SMILES string of the molecule is CC(CC(C)S(=O)(=O)c1ccccc1)C(=O)C(C)CC(C)S(=O)(=O)c1ccccc1. The Kier molecular flexibility index (Phi) is 7.99. The van der Waals surface area contributed by atoms with E-state index in [1.165, 1.54) is 0 Å². The zero-order valence-corrected chi connectivity index (χ0v) is 19.5. The van der Waals surface area contributed by atoms with E-state index in [0.29, 0.717) is 0 Å². The summed E-state index contributed by atoms with van der Waals surface area (Å²) in [6.45, 7) is 6.65. The molecular formula is C23H30O5S2. The van der Waals surface area contributed by atoms with E-state index in [0.717, 1.165) is 0 Å². The predicted octanol–water partition coefficient (Wildman–Crippen LogP) is 4.33. The Bertz CT molecular complexity index is 960. The molecule has 0 heterocycles. The average molecular weight is 451 g/mol. The normalized spacial score (nSPS) is 16.4. The van der Waals surface area contributed by atoms with Crippen molar-refractivity contribution in [2.24, 2.45) is 11.8 Å². The fourth-order valence-electron chi connectivity index (χ4n) is 3.65. The molecule has 0 spiro atoms. The summed E-state index contributed by atoms with van der Waals surface area (Å²) in [5.74, 6) is -1.08. The summed E-state index contributed by atoms with van der Waals surface area (Å²) in [6.07, 6.45) is 0.389. The van der Waals surface area contributed by atoms with Crippen LogP contribution in [0.3, 0.4) is 0 Å². The Morgan fingerprint density at radius 1 is 0.633 bits per heavy atom. The minimum absolute atomic E-state index is 0.111. The lowest BCUT2D eigenvalue weighted by atomic mass is 9.89. The topological polar surface area (TPSA) is 85.3 Å². The third-order valence-corrected chi connectivity index (χ3v) is 9.91. The fourth-order valence-corrected chi connectivity index (χ4v) is 6.74. The van der Waals surface area contributed by atoms with Crippen LogP contribution in [0.1, 0.15) is 40.5 Å². The van der Waals surface area contributed by atoms with Gasteiger partial charge in [0, 0.05) is 11.8 Å². The maximum absolute atomic E-state index is 12.9. The molecular weight excluding hydrogens is 420 g/mol. The fraction of sp³-hybridized carbons (Fsp3) is 0.435. The first-order valence-electron chi connectivity index (χ1n) is 10.1. The van der Waals surface area contributed by atoms with Gasteiger partial charge in [-0.25, -0.2) is 16.8 Å². The summed E-state index contributed by atoms with van der Waals surface area (Å²) in [5, 5.41) is -1.42. The van der Waals surface area contributed by atoms with Gasteiger partial charge in [0.2, 0.25) is 0 Å². The van der Waals surface area contributed by atoms with Crippen molar-refractivity contribution in [1.82, 2.24) is 0 Å². The Balaban J connectivity index is 2.03. The summed E-state index contributed by atoms with van der Waals surface area (Å²) in [5.41, 5.74) is 0. The number of hydrogen-bond donors (Lipinski definition) is 0. The first kappa shape index (κ1) is 24.3. The Morgan fingerprint density at radius 2 is 0.933 bits per heavy atom. The standard InChI is InChI=1S/C23H30O5S2/c1-17(15-19(3)29(25,26)21-11-7-5-8-12-21)23(24)18(2)16-20(4)30(27,28)22-13-9-6-10-14-22/h5-14,17-20H,15-16H2,1-4H3. The van der Waals surface area contributed by atoms with E-state index in [2.05, 4.69) is 0 Å². The number of Topliss-reactive ketones (excluding diaryl/α,β-unsaturated/α-hetero) is 1. The van der Waals surface area contributed by atoms with Gasteiger partial charge in [-0.05, 0) is 51.0 Å². The molecule has 0 bridgehead atoms. The van der Waals surface area contributed by atoms with E-state index >= 15 is 0 Å². The summed E-state index contributed by atoms with van der Waals surface area (Å²) in [4.78, 5) is 13.3. The van der Waals surface area contributed by atoms with Gasteiger partial charge >= 0.3 is 0 Å². The zero-order valence-electron chi connectivity index (χ0n) is 17.9. The molecule has 0 saturated heterocycles. The van der Waals surface area contributed by atoms with E-state index in [-0.39, 0.29) is 28.4 Å². The van der Waals surface area contributed by atoms with Crippen LogP contribution in [0, 0.1) is 11.8 Å². The molecule has 4 unspecified atom stereocenters. The molecule has 4 atom stereocenters. The number of ketones is 1. The van der Waals surface area contributed by atoms with Gasteiger partial charge in [-0.2, -0.15) is 0 Å². The summed E-state index contributed by atoms with van der Waals surface area (Å²) >= 11 is 0. The van der Waals surface area contributed by atoms with Gasteiger partial charge in [0.15, 0.2) is 19.7 Å². The maximum atomic E-state index is 12.9. The van der Waals surface area contributed by atoms with Crippen LogP contribution in [0.4, 0.5) is 0 Å². The predicted molar refractivity (Wildman–Crippen MR) is 119 cm³/mol. The molecule has 0 amide bonds. The van der Waals surface area contributed by atoms with Gasteiger partial charge in [-0.1, -0.05) is 50.2 Å². The highest BCUT2D eigenvalue weighted by Crippen LogP contribution is 2.26. The molecule has 7 heteroatoms. The Hall–Kier alpha value is -1.99. The Morgan fingerprint density at radius 3 is 1.23 bits per heavy atom. The summed E-state index contributed by atoms with van der Waals surface area (Å²) in [7, 11) is -7.05. The van der Waals surface area contributed by atoms with Crippen LogP contribution in [0.25, 0.3) is 0 Å². The van der Waals surface area contributed by atoms with Gasteiger partial charge in [0.1, 0.15) is 5.78 Å². The highest BCUT2D eigenvalue weighted by molar-refractivity contribution is 7.92. The van der Waals surface area contributed by atoms with Crippen LogP contribution < -0.4 is 0 Å². The Labute approximate surface area is 180 Å². The lowest BCUT2D eigenvalue weighted by Gasteiger charge is -2.22. The van der Waals surface area contributed by atoms with E-state index in [4.69, 9.17) is 0 Å². The molecule has 0 N–H and O–H groups in total. The van der Waals surface area contributed by atoms with Gasteiger partial charge in [0.25, 0.3) is 0 Å². The molecule has 0 aliphatic rings. The number of rotatable bonds is 10. The first-order chi connectivity index (χ1) is 14.0. The van der Waals surface area contributed by atoms with Crippen LogP contribution >= 0.6 is 0 Å². The van der Waals surface area contributed by atoms with Crippen molar-refractivity contribution >= 4 is 25.5 Å². The molecule has 2 aromatic carbocycles. The third-order valence-electron chi connectivity index (χ3n) is 5.55. The number of carbonyl (C=O) groups excluding carboxylic acids is 1. The van der Waals surface area contributed by atoms with E-state index in [1.807, 2.05) is 0 Å². The molecule has 164 valence electrons. The molecule has 0 fully saturated rings. The second-order valence-corrected chi connectivity index (χ2v) is 12.7. The smallest absolute Gasteiger partial charge is 0.180 e. The molecule has 0 saturated carbocycles. The molecule has 30 heavy (non-hydrogen) atoms. The van der Waals surface area contributed by atoms with E-state index in [9.17, 15) is 21.6 Å². The number of sulfone groups is 2. The van der Waals surface area contributed by atoms with Crippen LogP contribution in [0.2, 0.25) is 0 Å². The van der Waals surface area contributed by atoms with E-state index in [1.54, 1.807) is 88.4 Å². The largest absolute Gasteiger partial charge is 0.299 e. The molecule has 0 aliphatic carbocycles. The van der Waals surface area contributed by atoms with Crippen molar-refractivity contribution in [2.45, 2.75) is 60.8 Å². The molecule has 2 aromatic rings. The van der Waals surface area contributed by atoms with Crippen molar-refractivity contribution in [3.05, 3.63) is 60.7 Å². The van der Waals surface area contributed by atoms with Gasteiger partial charge in [-0.3, -0.25) is 4.79 Å². The monoisotopic (exact) mass is 450 g/mol. The maximum Gasteiger partial charge on any atom is 0.180 e. The number of benzene rings is 2. The summed E-state index contributed by atoms with van der Waals surface area (Å²) in [6, 6.07) is 16.4. The number of carbonyl (C=O) groups is 1. The zero-order chi connectivity index (χ0) is 22.5. The van der Waals surface area contributed by atoms with Crippen LogP contribution in [0.15, 0.2) is 70.5 Å². The van der Waals surface area contributed by atoms with Crippen LogP contribution in [0.5, 0.6) is 0 Å². The first-order valence-corrected chi connectivity index (χ1v) is 13.2. The van der Waals surface area contributed by atoms with Crippen molar-refractivity contribution in [3.8, 4) is 0 Å². The van der Waals surface area contributed by atoms with Crippen molar-refractivity contribution in [1.29, 1.82) is 0 Å². The summed E-state index contributed by atoms with van der Waals surface area (Å²) < 4.78 is 50.9. The highest BCUT2D eigenvalue weighted by atomic mass is 32.2. The van der Waals surface area contributed by atoms with Gasteiger partial charge in [0.05, 0.1) is 20.3 Å². The molecule has 2 rings (SSSR count). The average Bonchev–Trinajstić information content (AvgIpc) is 2.74. The molecule has 5 nitrogen and oxygen atoms in total.